The predicted octanol–water partition coefficient (Wildman–Crippen LogP) is 2.61. The first-order valence-electron chi connectivity index (χ1n) is 9.66. The summed E-state index contributed by atoms with van der Waals surface area (Å²) in [6.45, 7) is 6.63. The number of nitrogens with zero attached hydrogens (tertiary/aromatic N) is 1. The quantitative estimate of drug-likeness (QED) is 0.707. The fourth-order valence-corrected chi connectivity index (χ4v) is 3.50. The molecule has 6 heteroatoms. The Morgan fingerprint density at radius 2 is 1.93 bits per heavy atom. The van der Waals surface area contributed by atoms with E-state index in [1.165, 1.54) is 12.7 Å². The number of carbonyl (C=O) groups is 2. The van der Waals surface area contributed by atoms with Crippen LogP contribution in [0.5, 0.6) is 5.75 Å². The highest BCUT2D eigenvalue weighted by Gasteiger charge is 2.29. The minimum absolute atomic E-state index is 0.0351. The molecule has 0 aliphatic carbocycles. The Kier molecular flexibility index (Phi) is 8.10. The Labute approximate surface area is 162 Å². The molecule has 1 amide bonds. The first-order chi connectivity index (χ1) is 12.9. The lowest BCUT2D eigenvalue weighted by Crippen LogP contribution is -2.47. The van der Waals surface area contributed by atoms with Crippen LogP contribution in [0.15, 0.2) is 24.3 Å². The molecule has 0 bridgehead atoms. The molecule has 1 atom stereocenters. The average Bonchev–Trinajstić information content (AvgIpc) is 2.67. The van der Waals surface area contributed by atoms with Crippen molar-refractivity contribution in [1.29, 1.82) is 0 Å². The summed E-state index contributed by atoms with van der Waals surface area (Å²) in [4.78, 5) is 26.9. The van der Waals surface area contributed by atoms with Gasteiger partial charge in [0.1, 0.15) is 11.8 Å². The Balaban J connectivity index is 1.84. The molecule has 1 saturated heterocycles. The van der Waals surface area contributed by atoms with Crippen LogP contribution in [0.4, 0.5) is 0 Å². The highest BCUT2D eigenvalue weighted by Crippen LogP contribution is 2.21. The average molecular weight is 376 g/mol. The van der Waals surface area contributed by atoms with E-state index in [0.717, 1.165) is 38.2 Å². The fourth-order valence-electron chi connectivity index (χ4n) is 3.50. The summed E-state index contributed by atoms with van der Waals surface area (Å²) in [6.07, 6.45) is 2.18. The van der Waals surface area contributed by atoms with Gasteiger partial charge < -0.3 is 14.8 Å². The van der Waals surface area contributed by atoms with Gasteiger partial charge in [-0.2, -0.15) is 0 Å². The zero-order valence-electron chi connectivity index (χ0n) is 16.9. The van der Waals surface area contributed by atoms with Crippen molar-refractivity contribution in [2.75, 3.05) is 27.3 Å². The second kappa shape index (κ2) is 10.3. The molecule has 150 valence electrons. The second-order valence-corrected chi connectivity index (χ2v) is 7.62. The number of methoxy groups -OCH3 is 2. The SMILES string of the molecule is COC(=O)C(CC(C)C)NC(=O)C1CCN(Cc2cccc(OC)c2)CC1. The monoisotopic (exact) mass is 376 g/mol. The van der Waals surface area contributed by atoms with Crippen LogP contribution in [0, 0.1) is 11.8 Å². The van der Waals surface area contributed by atoms with E-state index in [9.17, 15) is 9.59 Å². The summed E-state index contributed by atoms with van der Waals surface area (Å²) in [5, 5.41) is 2.90. The van der Waals surface area contributed by atoms with Gasteiger partial charge in [0.25, 0.3) is 0 Å². The van der Waals surface area contributed by atoms with Gasteiger partial charge in [0, 0.05) is 12.5 Å². The van der Waals surface area contributed by atoms with Crippen LogP contribution in [0.3, 0.4) is 0 Å². The molecule has 1 aliphatic heterocycles. The molecule has 1 aliphatic rings. The van der Waals surface area contributed by atoms with Crippen LogP contribution in [0.25, 0.3) is 0 Å². The molecular formula is C21H32N2O4. The number of ether oxygens (including phenoxy) is 2. The minimum atomic E-state index is -0.558. The van der Waals surface area contributed by atoms with E-state index < -0.39 is 6.04 Å². The van der Waals surface area contributed by atoms with Crippen molar-refractivity contribution >= 4 is 11.9 Å². The van der Waals surface area contributed by atoms with Crippen molar-refractivity contribution in [3.8, 4) is 5.75 Å². The van der Waals surface area contributed by atoms with E-state index in [1.54, 1.807) is 7.11 Å². The van der Waals surface area contributed by atoms with Gasteiger partial charge in [-0.25, -0.2) is 4.79 Å². The molecule has 1 aromatic rings. The molecule has 1 unspecified atom stereocenters. The summed E-state index contributed by atoms with van der Waals surface area (Å²) >= 11 is 0. The molecule has 0 radical (unpaired) electrons. The molecule has 2 rings (SSSR count). The Hall–Kier alpha value is -2.08. The van der Waals surface area contributed by atoms with Gasteiger partial charge in [-0.15, -0.1) is 0 Å². The summed E-state index contributed by atoms with van der Waals surface area (Å²) < 4.78 is 10.1. The zero-order valence-corrected chi connectivity index (χ0v) is 16.9. The maximum absolute atomic E-state index is 12.6. The lowest BCUT2D eigenvalue weighted by atomic mass is 9.94. The van der Waals surface area contributed by atoms with Crippen LogP contribution in [-0.2, 0) is 20.9 Å². The fraction of sp³-hybridized carbons (Fsp3) is 0.619. The van der Waals surface area contributed by atoms with E-state index in [4.69, 9.17) is 9.47 Å². The number of rotatable bonds is 8. The molecule has 1 fully saturated rings. The summed E-state index contributed by atoms with van der Waals surface area (Å²) in [5.74, 6) is 0.713. The summed E-state index contributed by atoms with van der Waals surface area (Å²) in [6, 6.07) is 7.52. The van der Waals surface area contributed by atoms with Gasteiger partial charge in [0.15, 0.2) is 0 Å². The molecule has 1 heterocycles. The normalized spacial score (nSPS) is 16.8. The van der Waals surface area contributed by atoms with Crippen molar-refractivity contribution in [2.45, 2.75) is 45.7 Å². The topological polar surface area (TPSA) is 67.9 Å². The van der Waals surface area contributed by atoms with Crippen molar-refractivity contribution in [1.82, 2.24) is 10.2 Å². The van der Waals surface area contributed by atoms with E-state index >= 15 is 0 Å². The summed E-state index contributed by atoms with van der Waals surface area (Å²) in [7, 11) is 3.03. The molecule has 6 nitrogen and oxygen atoms in total. The molecule has 0 spiro atoms. The molecule has 27 heavy (non-hydrogen) atoms. The van der Waals surface area contributed by atoms with Crippen LogP contribution in [0.1, 0.15) is 38.7 Å². The smallest absolute Gasteiger partial charge is 0.328 e. The van der Waals surface area contributed by atoms with E-state index in [0.29, 0.717) is 12.3 Å². The third-order valence-electron chi connectivity index (χ3n) is 5.01. The first kappa shape index (κ1) is 21.2. The number of likely N-dealkylation sites (tertiary alicyclic amines) is 1. The number of carbonyl (C=O) groups excluding carboxylic acids is 2. The Bertz CT molecular complexity index is 624. The van der Waals surface area contributed by atoms with Crippen molar-refractivity contribution < 1.29 is 19.1 Å². The van der Waals surface area contributed by atoms with Crippen molar-refractivity contribution in [3.63, 3.8) is 0 Å². The maximum atomic E-state index is 12.6. The lowest BCUT2D eigenvalue weighted by molar-refractivity contribution is -0.146. The molecule has 0 aromatic heterocycles. The van der Waals surface area contributed by atoms with E-state index in [1.807, 2.05) is 32.0 Å². The van der Waals surface area contributed by atoms with Gasteiger partial charge in [-0.3, -0.25) is 9.69 Å². The molecule has 0 saturated carbocycles. The number of hydrogen-bond donors (Lipinski definition) is 1. The van der Waals surface area contributed by atoms with Crippen LogP contribution in [-0.4, -0.2) is 50.1 Å². The van der Waals surface area contributed by atoms with Gasteiger partial charge >= 0.3 is 5.97 Å². The second-order valence-electron chi connectivity index (χ2n) is 7.62. The number of benzene rings is 1. The molecular weight excluding hydrogens is 344 g/mol. The highest BCUT2D eigenvalue weighted by molar-refractivity contribution is 5.85. The van der Waals surface area contributed by atoms with Crippen molar-refractivity contribution in [3.05, 3.63) is 29.8 Å². The van der Waals surface area contributed by atoms with Gasteiger partial charge in [0.05, 0.1) is 14.2 Å². The minimum Gasteiger partial charge on any atom is -0.497 e. The summed E-state index contributed by atoms with van der Waals surface area (Å²) in [5.41, 5.74) is 1.21. The first-order valence-corrected chi connectivity index (χ1v) is 9.66. The van der Waals surface area contributed by atoms with Crippen LogP contribution in [0.2, 0.25) is 0 Å². The van der Waals surface area contributed by atoms with Gasteiger partial charge in [0.2, 0.25) is 5.91 Å². The van der Waals surface area contributed by atoms with Crippen LogP contribution < -0.4 is 10.1 Å². The number of hydrogen-bond acceptors (Lipinski definition) is 5. The zero-order chi connectivity index (χ0) is 19.8. The largest absolute Gasteiger partial charge is 0.497 e. The Morgan fingerprint density at radius 3 is 2.52 bits per heavy atom. The third-order valence-corrected chi connectivity index (χ3v) is 5.01. The highest BCUT2D eigenvalue weighted by atomic mass is 16.5. The van der Waals surface area contributed by atoms with Gasteiger partial charge in [-0.05, 0) is 56.0 Å². The number of nitrogens with one attached hydrogen (secondary N) is 1. The molecule has 1 N–H and O–H groups in total. The van der Waals surface area contributed by atoms with Crippen LogP contribution >= 0.6 is 0 Å². The predicted molar refractivity (Wildman–Crippen MR) is 104 cm³/mol. The molecule has 1 aromatic carbocycles. The Morgan fingerprint density at radius 1 is 1.22 bits per heavy atom. The number of amides is 1. The van der Waals surface area contributed by atoms with E-state index in [-0.39, 0.29) is 17.8 Å². The standard InChI is InChI=1S/C21H32N2O4/c1-15(2)12-19(21(25)27-4)22-20(24)17-8-10-23(11-9-17)14-16-6-5-7-18(13-16)26-3/h5-7,13,15,17,19H,8-12,14H2,1-4H3,(H,22,24). The number of piperidine rings is 1. The number of esters is 1. The van der Waals surface area contributed by atoms with E-state index in [2.05, 4.69) is 16.3 Å². The lowest BCUT2D eigenvalue weighted by Gasteiger charge is -2.32. The van der Waals surface area contributed by atoms with Crippen molar-refractivity contribution in [2.24, 2.45) is 11.8 Å². The van der Waals surface area contributed by atoms with Gasteiger partial charge in [-0.1, -0.05) is 26.0 Å². The maximum Gasteiger partial charge on any atom is 0.328 e. The third kappa shape index (κ3) is 6.54.